The third-order valence-electron chi connectivity index (χ3n) is 0.619. The summed E-state index contributed by atoms with van der Waals surface area (Å²) in [7, 11) is -15.8. The van der Waals surface area contributed by atoms with E-state index >= 15 is 0 Å². The van der Waals surface area contributed by atoms with Crippen LogP contribution in [0.15, 0.2) is 0 Å². The summed E-state index contributed by atoms with van der Waals surface area (Å²) in [5.74, 6) is 0. The van der Waals surface area contributed by atoms with Crippen molar-refractivity contribution in [1.29, 1.82) is 0 Å². The van der Waals surface area contributed by atoms with Gasteiger partial charge in [0.15, 0.2) is 0 Å². The Morgan fingerprint density at radius 1 is 0.522 bits per heavy atom. The summed E-state index contributed by atoms with van der Waals surface area (Å²) in [4.78, 5) is 56.1. The van der Waals surface area contributed by atoms with E-state index in [9.17, 15) is 42.4 Å². The van der Waals surface area contributed by atoms with Gasteiger partial charge in [0.2, 0.25) is 0 Å². The molecule has 0 aliphatic carbocycles. The SMILES string of the molecule is [Al+3].[Al+3].[O-][Si]([O-])(OO)OF.[O-][Si]([O-])(OO)OF.[O-][Si]([O-])(OO)OF. The van der Waals surface area contributed by atoms with Crippen molar-refractivity contribution < 1.29 is 85.7 Å². The van der Waals surface area contributed by atoms with E-state index in [1.807, 2.05) is 0 Å². The van der Waals surface area contributed by atoms with Crippen molar-refractivity contribution in [3.8, 4) is 0 Å². The molecule has 0 rings (SSSR count). The topological polar surface area (TPSA) is 254 Å². The number of hydrogen-bond acceptors (Lipinski definition) is 15. The fourth-order valence-electron chi connectivity index (χ4n) is 0.0423. The van der Waals surface area contributed by atoms with Crippen molar-refractivity contribution in [2.75, 3.05) is 0 Å². The minimum absolute atomic E-state index is 0. The molecular formula is H3Al2F3O15Si3. The van der Waals surface area contributed by atoms with Gasteiger partial charge in [-0.05, 0) is 0 Å². The van der Waals surface area contributed by atoms with E-state index in [1.54, 1.807) is 0 Å². The molecule has 3 N–H and O–H groups in total. The molecule has 132 valence electrons. The van der Waals surface area contributed by atoms with Crippen LogP contribution in [0.25, 0.3) is 0 Å². The number of halogens is 3. The van der Waals surface area contributed by atoms with Crippen LogP contribution in [0.1, 0.15) is 0 Å². The van der Waals surface area contributed by atoms with Crippen molar-refractivity contribution in [3.63, 3.8) is 0 Å². The number of hydrogen-bond donors (Lipinski definition) is 3. The molecule has 0 spiro atoms. The summed E-state index contributed by atoms with van der Waals surface area (Å²) in [5.41, 5.74) is 0. The van der Waals surface area contributed by atoms with E-state index in [0.29, 0.717) is 0 Å². The Kier molecular flexibility index (Phi) is 27.0. The molecular weight excluding hydrogens is 435 g/mol. The van der Waals surface area contributed by atoms with Crippen LogP contribution < -0.4 is 28.8 Å². The zero-order valence-electron chi connectivity index (χ0n) is 10.0. The second-order valence-electron chi connectivity index (χ2n) is 2.01. The van der Waals surface area contributed by atoms with Gasteiger partial charge in [0, 0.05) is 0 Å². The van der Waals surface area contributed by atoms with E-state index in [4.69, 9.17) is 15.8 Å². The normalized spacial score (nSPS) is 11.0. The van der Waals surface area contributed by atoms with Crippen molar-refractivity contribution >= 4 is 61.9 Å². The molecule has 0 fully saturated rings. The van der Waals surface area contributed by atoms with Crippen molar-refractivity contribution in [2.45, 2.75) is 0 Å². The molecule has 23 heteroatoms. The molecule has 0 bridgehead atoms. The van der Waals surface area contributed by atoms with Gasteiger partial charge in [0.1, 0.15) is 0 Å². The Labute approximate surface area is 148 Å². The molecule has 0 aromatic heterocycles. The Hall–Kier alpha value is 0.906. The molecule has 0 saturated carbocycles. The van der Waals surface area contributed by atoms with Gasteiger partial charge >= 0.3 is 34.7 Å². The van der Waals surface area contributed by atoms with Crippen LogP contribution in [0.5, 0.6) is 0 Å². The summed E-state index contributed by atoms with van der Waals surface area (Å²) in [6.07, 6.45) is 0. The first-order valence-electron chi connectivity index (χ1n) is 3.46. The van der Waals surface area contributed by atoms with E-state index in [0.717, 1.165) is 0 Å². The molecule has 0 radical (unpaired) electrons. The smallest absolute Gasteiger partial charge is 0.824 e. The number of rotatable bonds is 6. The maximum absolute atomic E-state index is 10.4. The first kappa shape index (κ1) is 35.1. The molecule has 0 aliphatic heterocycles. The standard InChI is InChI=1S/2Al.3FHO5Si/c;;3*1-5-7(3,4)6-2/h;;3*2H/q2*+3;3*-2. The molecule has 0 aliphatic rings. The van der Waals surface area contributed by atoms with Gasteiger partial charge in [-0.15, -0.1) is 0 Å². The summed E-state index contributed by atoms with van der Waals surface area (Å²) in [6.45, 7) is 0. The van der Waals surface area contributed by atoms with Crippen LogP contribution in [0.4, 0.5) is 13.6 Å². The quantitative estimate of drug-likeness (QED) is 0.198. The largest absolute Gasteiger partial charge is 3.00 e. The van der Waals surface area contributed by atoms with Crippen LogP contribution in [0, 0.1) is 0 Å². The summed E-state index contributed by atoms with van der Waals surface area (Å²) in [6, 6.07) is 0. The van der Waals surface area contributed by atoms with Crippen molar-refractivity contribution in [3.05, 3.63) is 0 Å². The van der Waals surface area contributed by atoms with Crippen LogP contribution >= 0.6 is 0 Å². The summed E-state index contributed by atoms with van der Waals surface area (Å²) in [5, 5.41) is 21.5. The van der Waals surface area contributed by atoms with Crippen molar-refractivity contribution in [2.24, 2.45) is 0 Å². The molecule has 0 aromatic carbocycles. The molecule has 0 saturated heterocycles. The second kappa shape index (κ2) is 17.7. The molecule has 15 nitrogen and oxygen atoms in total. The van der Waals surface area contributed by atoms with Crippen LogP contribution in [0.3, 0.4) is 0 Å². The Balaban J connectivity index is -0.0000000675. The minimum atomic E-state index is -5.26. The second-order valence-corrected chi connectivity index (χ2v) is 6.02. The molecule has 0 unspecified atom stereocenters. The third kappa shape index (κ3) is 28.0. The Morgan fingerprint density at radius 2 is 0.652 bits per heavy atom. The molecule has 0 heterocycles. The van der Waals surface area contributed by atoms with Gasteiger partial charge in [0.25, 0.3) is 27.1 Å². The zero-order chi connectivity index (χ0) is 17.7. The van der Waals surface area contributed by atoms with E-state index in [1.165, 1.54) is 0 Å². The molecule has 0 atom stereocenters. The van der Waals surface area contributed by atoms with Crippen LogP contribution in [-0.4, -0.2) is 77.6 Å². The fourth-order valence-corrected chi connectivity index (χ4v) is 0.127. The van der Waals surface area contributed by atoms with Crippen LogP contribution in [-0.2, 0) is 27.6 Å². The maximum Gasteiger partial charge on any atom is 3.00 e. The average molecular weight is 438 g/mol. The predicted molar refractivity (Wildman–Crippen MR) is 46.5 cm³/mol. The fraction of sp³-hybridized carbons (Fsp3) is 0. The third-order valence-corrected chi connectivity index (χ3v) is 1.86. The van der Waals surface area contributed by atoms with E-state index in [2.05, 4.69) is 27.6 Å². The first-order valence-corrected chi connectivity index (χ1v) is 8.36. The van der Waals surface area contributed by atoms with Crippen LogP contribution in [0.2, 0.25) is 0 Å². The zero-order valence-corrected chi connectivity index (χ0v) is 15.3. The Morgan fingerprint density at radius 3 is 0.652 bits per heavy atom. The molecule has 0 aromatic rings. The molecule has 23 heavy (non-hydrogen) atoms. The van der Waals surface area contributed by atoms with E-state index in [-0.39, 0.29) is 34.7 Å². The van der Waals surface area contributed by atoms with Crippen molar-refractivity contribution in [1.82, 2.24) is 0 Å². The van der Waals surface area contributed by atoms with E-state index < -0.39 is 27.1 Å². The van der Waals surface area contributed by atoms with Gasteiger partial charge in [-0.1, -0.05) is 13.6 Å². The van der Waals surface area contributed by atoms with Gasteiger partial charge in [-0.3, -0.25) is 29.5 Å². The summed E-state index contributed by atoms with van der Waals surface area (Å²) < 4.78 is 45.2. The summed E-state index contributed by atoms with van der Waals surface area (Å²) >= 11 is 0. The van der Waals surface area contributed by atoms with Gasteiger partial charge in [0.05, 0.1) is 0 Å². The van der Waals surface area contributed by atoms with Gasteiger partial charge in [-0.2, -0.15) is 0 Å². The minimum Gasteiger partial charge on any atom is -0.824 e. The Bertz CT molecular complexity index is 186. The van der Waals surface area contributed by atoms with Gasteiger partial charge in [-0.25, -0.2) is 13.9 Å². The predicted octanol–water partition coefficient (Wildman–Crippen LogP) is -8.16. The average Bonchev–Trinajstić information content (AvgIpc) is 2.48. The van der Waals surface area contributed by atoms with Gasteiger partial charge < -0.3 is 28.8 Å². The monoisotopic (exact) mass is 438 g/mol. The molecule has 0 amide bonds. The first-order chi connectivity index (χ1) is 9.36. The maximum atomic E-state index is 10.4.